The lowest BCUT2D eigenvalue weighted by Gasteiger charge is -2.23. The molecule has 0 radical (unpaired) electrons. The van der Waals surface area contributed by atoms with Crippen molar-refractivity contribution in [2.24, 2.45) is 0 Å². The Morgan fingerprint density at radius 1 is 1.23 bits per heavy atom. The Morgan fingerprint density at radius 2 is 1.77 bits per heavy atom. The van der Waals surface area contributed by atoms with Gasteiger partial charge in [-0.15, -0.1) is 0 Å². The molecule has 1 amide bonds. The van der Waals surface area contributed by atoms with E-state index in [4.69, 9.17) is 4.74 Å². The van der Waals surface area contributed by atoms with Crippen molar-refractivity contribution in [2.75, 3.05) is 26.5 Å². The zero-order valence-corrected chi connectivity index (χ0v) is 14.3. The summed E-state index contributed by atoms with van der Waals surface area (Å²) in [6.45, 7) is 4.99. The molecule has 6 nitrogen and oxygen atoms in total. The highest BCUT2D eigenvalue weighted by molar-refractivity contribution is 7.88. The van der Waals surface area contributed by atoms with Crippen LogP contribution in [0.15, 0.2) is 24.3 Å². The summed E-state index contributed by atoms with van der Waals surface area (Å²) < 4.78 is 30.8. The summed E-state index contributed by atoms with van der Waals surface area (Å²) in [5.41, 5.74) is 0.728. The number of ether oxygens (including phenoxy) is 1. The monoisotopic (exact) mass is 328 g/mol. The molecule has 0 aliphatic rings. The number of carbonyl (C=O) groups excluding carboxylic acids is 1. The molecule has 7 heteroatoms. The van der Waals surface area contributed by atoms with Gasteiger partial charge < -0.3 is 9.64 Å². The molecule has 22 heavy (non-hydrogen) atoms. The second-order valence-corrected chi connectivity index (χ2v) is 6.77. The van der Waals surface area contributed by atoms with E-state index in [0.29, 0.717) is 18.8 Å². The summed E-state index contributed by atoms with van der Waals surface area (Å²) in [5, 5.41) is 0. The molecule has 0 aromatic heterocycles. The summed E-state index contributed by atoms with van der Waals surface area (Å²) in [6.07, 6.45) is 1.17. The van der Waals surface area contributed by atoms with Crippen LogP contribution in [-0.2, 0) is 14.8 Å². The van der Waals surface area contributed by atoms with Gasteiger partial charge in [-0.2, -0.15) is 0 Å². The minimum absolute atomic E-state index is 0.0815. The third kappa shape index (κ3) is 5.65. The summed E-state index contributed by atoms with van der Waals surface area (Å²) in [7, 11) is -1.86. The van der Waals surface area contributed by atoms with E-state index < -0.39 is 16.1 Å². The topological polar surface area (TPSA) is 75.7 Å². The molecule has 1 N–H and O–H groups in total. The van der Waals surface area contributed by atoms with Crippen LogP contribution in [0.5, 0.6) is 5.75 Å². The van der Waals surface area contributed by atoms with Crippen molar-refractivity contribution in [3.8, 4) is 5.75 Å². The van der Waals surface area contributed by atoms with Crippen LogP contribution >= 0.6 is 0 Å². The second-order valence-electron chi connectivity index (χ2n) is 4.99. The number of hydrogen-bond donors (Lipinski definition) is 1. The Bertz CT molecular complexity index is 580. The van der Waals surface area contributed by atoms with Gasteiger partial charge >= 0.3 is 0 Å². The van der Waals surface area contributed by atoms with Crippen LogP contribution in [0.2, 0.25) is 0 Å². The van der Waals surface area contributed by atoms with E-state index >= 15 is 0 Å². The van der Waals surface area contributed by atoms with E-state index in [2.05, 4.69) is 4.72 Å². The van der Waals surface area contributed by atoms with E-state index in [1.165, 1.54) is 0 Å². The second kappa shape index (κ2) is 8.14. The first-order valence-electron chi connectivity index (χ1n) is 7.19. The number of amides is 1. The van der Waals surface area contributed by atoms with Crippen LogP contribution in [0.4, 0.5) is 0 Å². The number of nitrogens with zero attached hydrogens (tertiary/aromatic N) is 1. The number of hydrogen-bond acceptors (Lipinski definition) is 4. The number of carbonyl (C=O) groups is 1. The molecule has 1 aromatic carbocycles. The number of nitrogens with one attached hydrogen (secondary N) is 1. The number of methoxy groups -OCH3 is 1. The van der Waals surface area contributed by atoms with Gasteiger partial charge in [0.15, 0.2) is 0 Å². The van der Waals surface area contributed by atoms with E-state index in [9.17, 15) is 13.2 Å². The third-order valence-electron chi connectivity index (χ3n) is 3.37. The quantitative estimate of drug-likeness (QED) is 0.785. The van der Waals surface area contributed by atoms with Gasteiger partial charge in [0.2, 0.25) is 15.9 Å². The van der Waals surface area contributed by atoms with Gasteiger partial charge in [0, 0.05) is 19.5 Å². The van der Waals surface area contributed by atoms with E-state index in [-0.39, 0.29) is 12.3 Å². The molecule has 0 saturated carbocycles. The molecular weight excluding hydrogens is 304 g/mol. The molecule has 0 heterocycles. The minimum atomic E-state index is -3.42. The molecule has 1 unspecified atom stereocenters. The maximum Gasteiger partial charge on any atom is 0.224 e. The van der Waals surface area contributed by atoms with Crippen molar-refractivity contribution < 1.29 is 17.9 Å². The lowest BCUT2D eigenvalue weighted by molar-refractivity contribution is -0.131. The Labute approximate surface area is 132 Å². The third-order valence-corrected chi connectivity index (χ3v) is 4.08. The van der Waals surface area contributed by atoms with E-state index in [0.717, 1.165) is 11.8 Å². The minimum Gasteiger partial charge on any atom is -0.497 e. The highest BCUT2D eigenvalue weighted by Gasteiger charge is 2.22. The molecule has 124 valence electrons. The first kappa shape index (κ1) is 18.4. The lowest BCUT2D eigenvalue weighted by atomic mass is 10.0. The normalized spacial score (nSPS) is 12.7. The fourth-order valence-corrected chi connectivity index (χ4v) is 2.94. The lowest BCUT2D eigenvalue weighted by Crippen LogP contribution is -2.36. The summed E-state index contributed by atoms with van der Waals surface area (Å²) in [4.78, 5) is 13.9. The zero-order valence-electron chi connectivity index (χ0n) is 13.5. The Kier molecular flexibility index (Phi) is 6.83. The van der Waals surface area contributed by atoms with Crippen LogP contribution < -0.4 is 9.46 Å². The molecule has 0 aliphatic heterocycles. The molecule has 1 aromatic rings. The highest BCUT2D eigenvalue weighted by atomic mass is 32.2. The van der Waals surface area contributed by atoms with Gasteiger partial charge in [0.05, 0.1) is 19.4 Å². The number of sulfonamides is 1. The van der Waals surface area contributed by atoms with E-state index in [1.807, 2.05) is 13.8 Å². The fourth-order valence-electron chi connectivity index (χ4n) is 2.20. The zero-order chi connectivity index (χ0) is 16.8. The standard InChI is InChI=1S/C15H24N2O4S/c1-5-17(6-2)15(18)11-14(16-22(4,19)20)12-7-9-13(21-3)10-8-12/h7-10,14,16H,5-6,11H2,1-4H3. The van der Waals surface area contributed by atoms with Gasteiger partial charge in [0.25, 0.3) is 0 Å². The number of rotatable bonds is 8. The van der Waals surface area contributed by atoms with Crippen LogP contribution in [0, 0.1) is 0 Å². The molecule has 1 atom stereocenters. The first-order chi connectivity index (χ1) is 10.3. The molecule has 0 bridgehead atoms. The van der Waals surface area contributed by atoms with Crippen LogP contribution in [0.3, 0.4) is 0 Å². The molecular formula is C15H24N2O4S. The van der Waals surface area contributed by atoms with Crippen molar-refractivity contribution in [1.29, 1.82) is 0 Å². The Hall–Kier alpha value is -1.60. The summed E-state index contributed by atoms with van der Waals surface area (Å²) >= 11 is 0. The fraction of sp³-hybridized carbons (Fsp3) is 0.533. The summed E-state index contributed by atoms with van der Waals surface area (Å²) in [6, 6.07) is 6.42. The van der Waals surface area contributed by atoms with Gasteiger partial charge in [-0.1, -0.05) is 12.1 Å². The van der Waals surface area contributed by atoms with Crippen LogP contribution in [0.25, 0.3) is 0 Å². The van der Waals surface area contributed by atoms with Crippen molar-refractivity contribution in [2.45, 2.75) is 26.3 Å². The average molecular weight is 328 g/mol. The predicted molar refractivity (Wildman–Crippen MR) is 86.3 cm³/mol. The molecule has 0 saturated heterocycles. The van der Waals surface area contributed by atoms with Crippen molar-refractivity contribution in [3.63, 3.8) is 0 Å². The SMILES string of the molecule is CCN(CC)C(=O)CC(NS(C)(=O)=O)c1ccc(OC)cc1. The van der Waals surface area contributed by atoms with Gasteiger partial charge in [-0.05, 0) is 31.5 Å². The Balaban J connectivity index is 2.99. The maximum absolute atomic E-state index is 12.3. The Morgan fingerprint density at radius 3 is 2.18 bits per heavy atom. The van der Waals surface area contributed by atoms with Gasteiger partial charge in [0.1, 0.15) is 5.75 Å². The smallest absolute Gasteiger partial charge is 0.224 e. The van der Waals surface area contributed by atoms with Gasteiger partial charge in [-0.3, -0.25) is 4.79 Å². The average Bonchev–Trinajstić information content (AvgIpc) is 2.46. The first-order valence-corrected chi connectivity index (χ1v) is 9.08. The summed E-state index contributed by atoms with van der Waals surface area (Å²) in [5.74, 6) is 0.596. The molecule has 0 aliphatic carbocycles. The molecule has 1 rings (SSSR count). The predicted octanol–water partition coefficient (Wildman–Crippen LogP) is 1.54. The maximum atomic E-state index is 12.3. The van der Waals surface area contributed by atoms with Crippen molar-refractivity contribution in [3.05, 3.63) is 29.8 Å². The molecule has 0 spiro atoms. The largest absolute Gasteiger partial charge is 0.497 e. The van der Waals surface area contributed by atoms with E-state index in [1.54, 1.807) is 36.3 Å². The van der Waals surface area contributed by atoms with Crippen molar-refractivity contribution >= 4 is 15.9 Å². The van der Waals surface area contributed by atoms with Crippen LogP contribution in [0.1, 0.15) is 31.9 Å². The van der Waals surface area contributed by atoms with Gasteiger partial charge in [-0.25, -0.2) is 13.1 Å². The van der Waals surface area contributed by atoms with Crippen molar-refractivity contribution in [1.82, 2.24) is 9.62 Å². The molecule has 0 fully saturated rings. The highest BCUT2D eigenvalue weighted by Crippen LogP contribution is 2.22. The van der Waals surface area contributed by atoms with Crippen LogP contribution in [-0.4, -0.2) is 45.7 Å². The number of benzene rings is 1.